The highest BCUT2D eigenvalue weighted by Gasteiger charge is 2.30. The van der Waals surface area contributed by atoms with Gasteiger partial charge < -0.3 is 14.3 Å². The first-order valence-corrected chi connectivity index (χ1v) is 8.78. The van der Waals surface area contributed by atoms with Gasteiger partial charge in [0, 0.05) is 12.7 Å². The number of aromatic nitrogens is 3. The zero-order valence-electron chi connectivity index (χ0n) is 14.4. The van der Waals surface area contributed by atoms with E-state index in [-0.39, 0.29) is 11.4 Å². The first-order chi connectivity index (χ1) is 12.8. The molecule has 0 bridgehead atoms. The van der Waals surface area contributed by atoms with E-state index in [2.05, 4.69) is 15.5 Å². The van der Waals surface area contributed by atoms with Gasteiger partial charge in [-0.25, -0.2) is 0 Å². The van der Waals surface area contributed by atoms with Gasteiger partial charge >= 0.3 is 6.18 Å². The fourth-order valence-electron chi connectivity index (χ4n) is 2.39. The third-order valence-corrected chi connectivity index (χ3v) is 4.76. The molecule has 2 aromatic heterocycles. The maximum atomic E-state index is 12.7. The van der Waals surface area contributed by atoms with Gasteiger partial charge in [0.15, 0.2) is 11.0 Å². The predicted molar refractivity (Wildman–Crippen MR) is 94.2 cm³/mol. The van der Waals surface area contributed by atoms with Crippen molar-refractivity contribution in [2.24, 2.45) is 7.05 Å². The van der Waals surface area contributed by atoms with Crippen molar-refractivity contribution < 1.29 is 22.4 Å². The molecule has 0 aliphatic carbocycles. The van der Waals surface area contributed by atoms with Gasteiger partial charge in [-0.1, -0.05) is 17.8 Å². The van der Waals surface area contributed by atoms with Crippen LogP contribution < -0.4 is 5.32 Å². The molecule has 0 fully saturated rings. The predicted octanol–water partition coefficient (Wildman–Crippen LogP) is 4.13. The molecule has 0 aliphatic rings. The molecule has 0 spiro atoms. The molecule has 10 heteroatoms. The standard InChI is InChI=1S/C17H15F3N4O2S/c1-10-13(6-7-26-10)15-22-23-16(24(15)2)27-9-14(25)21-12-5-3-4-11(8-12)17(18,19)20/h3-8H,9H2,1-2H3,(H,21,25). The molecule has 3 rings (SSSR count). The van der Waals surface area contributed by atoms with Crippen LogP contribution >= 0.6 is 11.8 Å². The highest BCUT2D eigenvalue weighted by atomic mass is 32.2. The van der Waals surface area contributed by atoms with Crippen molar-refractivity contribution in [1.82, 2.24) is 14.8 Å². The van der Waals surface area contributed by atoms with E-state index in [9.17, 15) is 18.0 Å². The topological polar surface area (TPSA) is 72.9 Å². The van der Waals surface area contributed by atoms with E-state index in [0.29, 0.717) is 16.7 Å². The van der Waals surface area contributed by atoms with E-state index < -0.39 is 17.6 Å². The Balaban J connectivity index is 1.64. The molecule has 0 unspecified atom stereocenters. The molecule has 1 aromatic carbocycles. The Morgan fingerprint density at radius 2 is 2.07 bits per heavy atom. The number of alkyl halides is 3. The Bertz CT molecular complexity index is 965. The number of benzene rings is 1. The normalized spacial score (nSPS) is 11.6. The van der Waals surface area contributed by atoms with E-state index in [4.69, 9.17) is 4.42 Å². The molecule has 2 heterocycles. The van der Waals surface area contributed by atoms with E-state index in [1.165, 1.54) is 12.1 Å². The minimum absolute atomic E-state index is 0.0212. The van der Waals surface area contributed by atoms with Crippen LogP contribution in [-0.4, -0.2) is 26.4 Å². The number of furan rings is 1. The molecule has 1 amide bonds. The Morgan fingerprint density at radius 1 is 1.30 bits per heavy atom. The molecule has 142 valence electrons. The third kappa shape index (κ3) is 4.33. The summed E-state index contributed by atoms with van der Waals surface area (Å²) >= 11 is 1.13. The van der Waals surface area contributed by atoms with Crippen molar-refractivity contribution in [3.05, 3.63) is 47.9 Å². The number of carbonyl (C=O) groups excluding carboxylic acids is 1. The lowest BCUT2D eigenvalue weighted by Gasteiger charge is -2.09. The monoisotopic (exact) mass is 396 g/mol. The second-order valence-electron chi connectivity index (χ2n) is 5.67. The van der Waals surface area contributed by atoms with Gasteiger partial charge in [-0.05, 0) is 31.2 Å². The Morgan fingerprint density at radius 3 is 2.74 bits per heavy atom. The highest BCUT2D eigenvalue weighted by Crippen LogP contribution is 2.31. The first kappa shape index (κ1) is 19.0. The highest BCUT2D eigenvalue weighted by molar-refractivity contribution is 7.99. The average Bonchev–Trinajstić information content (AvgIpc) is 3.18. The number of hydrogen-bond acceptors (Lipinski definition) is 5. The maximum absolute atomic E-state index is 12.7. The molecular weight excluding hydrogens is 381 g/mol. The molecule has 0 atom stereocenters. The Kier molecular flexibility index (Phi) is 5.26. The van der Waals surface area contributed by atoms with Crippen molar-refractivity contribution in [2.45, 2.75) is 18.3 Å². The molecule has 27 heavy (non-hydrogen) atoms. The van der Waals surface area contributed by atoms with Gasteiger partial charge in [0.2, 0.25) is 5.91 Å². The number of carbonyl (C=O) groups is 1. The van der Waals surface area contributed by atoms with Crippen LogP contribution in [0.3, 0.4) is 0 Å². The lowest BCUT2D eigenvalue weighted by atomic mass is 10.2. The fraction of sp³-hybridized carbons (Fsp3) is 0.235. The van der Waals surface area contributed by atoms with E-state index in [1.807, 2.05) is 0 Å². The summed E-state index contributed by atoms with van der Waals surface area (Å²) in [5, 5.41) is 11.1. The zero-order valence-corrected chi connectivity index (χ0v) is 15.2. The minimum Gasteiger partial charge on any atom is -0.469 e. The summed E-state index contributed by atoms with van der Waals surface area (Å²) in [6.07, 6.45) is -2.91. The number of rotatable bonds is 5. The summed E-state index contributed by atoms with van der Waals surface area (Å²) in [5.74, 6) is 0.835. The number of hydrogen-bond donors (Lipinski definition) is 1. The zero-order chi connectivity index (χ0) is 19.6. The molecule has 0 saturated carbocycles. The molecule has 1 N–H and O–H groups in total. The van der Waals surface area contributed by atoms with Crippen molar-refractivity contribution in [1.29, 1.82) is 0 Å². The number of nitrogens with one attached hydrogen (secondary N) is 1. The molecule has 0 radical (unpaired) electrons. The van der Waals surface area contributed by atoms with Gasteiger partial charge in [-0.15, -0.1) is 10.2 Å². The second-order valence-corrected chi connectivity index (χ2v) is 6.61. The lowest BCUT2D eigenvalue weighted by molar-refractivity contribution is -0.137. The maximum Gasteiger partial charge on any atom is 0.416 e. The second kappa shape index (κ2) is 7.47. The summed E-state index contributed by atoms with van der Waals surface area (Å²) in [6.45, 7) is 1.80. The summed E-state index contributed by atoms with van der Waals surface area (Å²) in [7, 11) is 1.76. The number of amides is 1. The fourth-order valence-corrected chi connectivity index (χ4v) is 3.10. The number of aryl methyl sites for hydroxylation is 1. The van der Waals surface area contributed by atoms with Gasteiger partial charge in [-0.3, -0.25) is 4.79 Å². The van der Waals surface area contributed by atoms with Crippen molar-refractivity contribution >= 4 is 23.4 Å². The van der Waals surface area contributed by atoms with Crippen LogP contribution in [0.1, 0.15) is 11.3 Å². The van der Waals surface area contributed by atoms with Crippen LogP contribution in [0, 0.1) is 6.92 Å². The van der Waals surface area contributed by atoms with Gasteiger partial charge in [-0.2, -0.15) is 13.2 Å². The summed E-state index contributed by atoms with van der Waals surface area (Å²) < 4.78 is 45.1. The molecule has 0 aliphatic heterocycles. The molecule has 6 nitrogen and oxygen atoms in total. The smallest absolute Gasteiger partial charge is 0.416 e. The quantitative estimate of drug-likeness (QED) is 0.657. The number of halogens is 3. The van der Waals surface area contributed by atoms with E-state index in [1.54, 1.807) is 30.9 Å². The number of thioether (sulfide) groups is 1. The van der Waals surface area contributed by atoms with Crippen LogP contribution in [0.2, 0.25) is 0 Å². The van der Waals surface area contributed by atoms with Crippen molar-refractivity contribution in [2.75, 3.05) is 11.1 Å². The van der Waals surface area contributed by atoms with Crippen LogP contribution in [-0.2, 0) is 18.0 Å². The lowest BCUT2D eigenvalue weighted by Crippen LogP contribution is -2.15. The van der Waals surface area contributed by atoms with Gasteiger partial charge in [0.1, 0.15) is 5.76 Å². The van der Waals surface area contributed by atoms with E-state index in [0.717, 1.165) is 29.5 Å². The van der Waals surface area contributed by atoms with Crippen molar-refractivity contribution in [3.8, 4) is 11.4 Å². The summed E-state index contributed by atoms with van der Waals surface area (Å²) in [5.41, 5.74) is 0.0646. The molecule has 3 aromatic rings. The molecular formula is C17H15F3N4O2S. The Labute approximate surface area is 156 Å². The van der Waals surface area contributed by atoms with E-state index >= 15 is 0 Å². The van der Waals surface area contributed by atoms with Crippen LogP contribution in [0.25, 0.3) is 11.4 Å². The largest absolute Gasteiger partial charge is 0.469 e. The first-order valence-electron chi connectivity index (χ1n) is 7.79. The molecule has 0 saturated heterocycles. The average molecular weight is 396 g/mol. The SMILES string of the molecule is Cc1occc1-c1nnc(SCC(=O)Nc2cccc(C(F)(F)F)c2)n1C. The summed E-state index contributed by atoms with van der Waals surface area (Å²) in [4.78, 5) is 12.1. The Hall–Kier alpha value is -2.75. The van der Waals surface area contributed by atoms with Gasteiger partial charge in [0.05, 0.1) is 23.1 Å². The minimum atomic E-state index is -4.46. The number of anilines is 1. The van der Waals surface area contributed by atoms with Crippen LogP contribution in [0.4, 0.5) is 18.9 Å². The third-order valence-electron chi connectivity index (χ3n) is 3.74. The van der Waals surface area contributed by atoms with Crippen molar-refractivity contribution in [3.63, 3.8) is 0 Å². The van der Waals surface area contributed by atoms with Gasteiger partial charge in [0.25, 0.3) is 0 Å². The summed E-state index contributed by atoms with van der Waals surface area (Å²) in [6, 6.07) is 6.26. The van der Waals surface area contributed by atoms with Crippen LogP contribution in [0.15, 0.2) is 46.2 Å². The van der Waals surface area contributed by atoms with Crippen LogP contribution in [0.5, 0.6) is 0 Å². The number of nitrogens with zero attached hydrogens (tertiary/aromatic N) is 3.